The van der Waals surface area contributed by atoms with Gasteiger partial charge in [0.2, 0.25) is 5.24 Å². The smallest absolute Gasteiger partial charge is 0.308 e. The van der Waals surface area contributed by atoms with Gasteiger partial charge in [-0.15, -0.1) is 34.0 Å². The molecule has 18 heteroatoms. The third kappa shape index (κ3) is 33.7. The first-order chi connectivity index (χ1) is 25.8. The van der Waals surface area contributed by atoms with Crippen LogP contribution < -0.4 is 0 Å². The zero-order valence-electron chi connectivity index (χ0n) is 29.6. The summed E-state index contributed by atoms with van der Waals surface area (Å²) in [6.07, 6.45) is 10.9. The van der Waals surface area contributed by atoms with Crippen LogP contribution in [-0.4, -0.2) is 66.4 Å². The summed E-state index contributed by atoms with van der Waals surface area (Å²) in [6.45, 7) is 0. The van der Waals surface area contributed by atoms with Crippen molar-refractivity contribution in [1.82, 2.24) is 0 Å². The first-order valence-electron chi connectivity index (χ1n) is 16.8. The predicted octanol–water partition coefficient (Wildman–Crippen LogP) is 12.4. The van der Waals surface area contributed by atoms with E-state index in [1.54, 1.807) is 24.3 Å². The van der Waals surface area contributed by atoms with Crippen molar-refractivity contribution in [2.45, 2.75) is 96.3 Å². The summed E-state index contributed by atoms with van der Waals surface area (Å²) in [6, 6.07) is 10.6. The van der Waals surface area contributed by atoms with E-state index < -0.39 is 17.9 Å². The second kappa shape index (κ2) is 38.1. The van der Waals surface area contributed by atoms with Gasteiger partial charge in [0.05, 0.1) is 29.0 Å². The van der Waals surface area contributed by atoms with Crippen LogP contribution in [0.15, 0.2) is 41.8 Å². The van der Waals surface area contributed by atoms with Gasteiger partial charge in [0.15, 0.2) is 11.6 Å². The van der Waals surface area contributed by atoms with Crippen molar-refractivity contribution >= 4 is 162 Å². The third-order valence-corrected chi connectivity index (χ3v) is 11.3. The number of Topliss-reactive ketones (excluding diaryl/α,β-unsaturated/α-hetero) is 2. The Morgan fingerprint density at radius 2 is 1.00 bits per heavy atom. The standard InChI is InChI=1S/C12H15BrO3S.C12H16O3S2.C6H10BrClO.C6H6O2S.I2/c13-7-3-1-2-4-10(14)11-6-5-9(17-11)8-12(15)16;13-10(4-2-1-3-7-16)11-6-5-9(17-11)8-12(14)15;7-5-3-1-2-4-6(8)9;7-6(8)4-5-2-1-3-9-5;1-2/h5-6H,1-4,7-8H2,(H,15,16);5-6,16H,1-4,7-8H2,(H,14,15);1-5H2;1-3H,4H2,(H,7,8);. The Kier molecular flexibility index (Phi) is 39.3. The third-order valence-electron chi connectivity index (χ3n) is 6.54. The van der Waals surface area contributed by atoms with Crippen LogP contribution >= 0.6 is 127 Å². The molecule has 0 spiro atoms. The zero-order valence-corrected chi connectivity index (χ0v) is 41.2. The van der Waals surface area contributed by atoms with E-state index in [1.807, 2.05) is 17.5 Å². The molecule has 0 aliphatic carbocycles. The molecule has 54 heavy (non-hydrogen) atoms. The van der Waals surface area contributed by atoms with Gasteiger partial charge in [-0.3, -0.25) is 28.8 Å². The summed E-state index contributed by atoms with van der Waals surface area (Å²) in [5.74, 6) is -1.39. The van der Waals surface area contributed by atoms with Crippen LogP contribution in [0, 0.1) is 0 Å². The minimum atomic E-state index is -0.861. The molecule has 304 valence electrons. The van der Waals surface area contributed by atoms with E-state index in [-0.39, 0.29) is 36.1 Å². The molecular formula is C36H47Br2ClI2O9S4. The van der Waals surface area contributed by atoms with Crippen LogP contribution in [0.4, 0.5) is 0 Å². The fraction of sp³-hybridized carbons (Fsp3) is 0.500. The van der Waals surface area contributed by atoms with E-state index in [4.69, 9.17) is 26.9 Å². The molecule has 9 nitrogen and oxygen atoms in total. The van der Waals surface area contributed by atoms with Gasteiger partial charge in [-0.25, -0.2) is 0 Å². The van der Waals surface area contributed by atoms with Crippen molar-refractivity contribution < 1.29 is 44.1 Å². The molecule has 0 aliphatic rings. The SMILES string of the molecule is II.O=C(Cl)CCCCCBr.O=C(O)Cc1ccc(C(=O)CCCCCBr)s1.O=C(O)Cc1ccc(C(=O)CCCCCS)s1.O=C(O)Cc1cccs1. The second-order valence-electron chi connectivity index (χ2n) is 11.1. The number of rotatable bonds is 23. The van der Waals surface area contributed by atoms with Crippen LogP contribution in [0.2, 0.25) is 0 Å². The number of unbranched alkanes of at least 4 members (excludes halogenated alkanes) is 6. The average Bonchev–Trinajstić information content (AvgIpc) is 3.92. The fourth-order valence-corrected chi connectivity index (χ4v) is 7.80. The monoisotopic (exact) mass is 1200 g/mol. The van der Waals surface area contributed by atoms with Gasteiger partial charge in [-0.1, -0.05) is 57.2 Å². The highest BCUT2D eigenvalue weighted by Gasteiger charge is 2.12. The van der Waals surface area contributed by atoms with Crippen molar-refractivity contribution in [1.29, 1.82) is 0 Å². The first-order valence-corrected chi connectivity index (χ1v) is 28.8. The Bertz CT molecular complexity index is 1400. The van der Waals surface area contributed by atoms with E-state index in [0.717, 1.165) is 88.8 Å². The quantitative estimate of drug-likeness (QED) is 0.0181. The number of alkyl halides is 2. The molecule has 0 saturated heterocycles. The lowest BCUT2D eigenvalue weighted by Crippen LogP contribution is -1.97. The predicted molar refractivity (Wildman–Crippen MR) is 251 cm³/mol. The molecule has 0 unspecified atom stereocenters. The molecule has 0 amide bonds. The van der Waals surface area contributed by atoms with Gasteiger partial charge >= 0.3 is 17.9 Å². The summed E-state index contributed by atoms with van der Waals surface area (Å²) >= 11 is 24.2. The highest BCUT2D eigenvalue weighted by molar-refractivity contribution is 15.0. The molecule has 0 bridgehead atoms. The maximum atomic E-state index is 11.8. The molecule has 0 aromatic carbocycles. The summed E-state index contributed by atoms with van der Waals surface area (Å²) in [4.78, 5) is 68.5. The Balaban J connectivity index is 0. The normalized spacial score (nSPS) is 9.81. The lowest BCUT2D eigenvalue weighted by Gasteiger charge is -1.97. The minimum Gasteiger partial charge on any atom is -0.481 e. The Morgan fingerprint density at radius 3 is 1.35 bits per heavy atom. The lowest BCUT2D eigenvalue weighted by atomic mass is 10.1. The summed E-state index contributed by atoms with van der Waals surface area (Å²) < 4.78 is 0. The number of carbonyl (C=O) groups is 6. The first kappa shape index (κ1) is 55.7. The summed E-state index contributed by atoms with van der Waals surface area (Å²) in [7, 11) is 0. The Hall–Kier alpha value is -0.420. The molecule has 0 radical (unpaired) electrons. The van der Waals surface area contributed by atoms with Crippen molar-refractivity contribution in [2.24, 2.45) is 0 Å². The van der Waals surface area contributed by atoms with Crippen LogP contribution in [0.25, 0.3) is 0 Å². The second-order valence-corrected chi connectivity index (χ2v) is 16.9. The number of hydrogen-bond donors (Lipinski definition) is 4. The average molecular weight is 1200 g/mol. The van der Waals surface area contributed by atoms with Gasteiger partial charge in [0.1, 0.15) is 0 Å². The maximum Gasteiger partial charge on any atom is 0.308 e. The molecule has 0 fully saturated rings. The van der Waals surface area contributed by atoms with E-state index in [0.29, 0.717) is 29.0 Å². The number of thiol groups is 1. The van der Waals surface area contributed by atoms with Crippen molar-refractivity contribution in [3.05, 3.63) is 66.2 Å². The molecule has 3 aromatic rings. The molecule has 3 heterocycles. The van der Waals surface area contributed by atoms with Crippen molar-refractivity contribution in [3.8, 4) is 0 Å². The highest BCUT2D eigenvalue weighted by Crippen LogP contribution is 2.21. The summed E-state index contributed by atoms with van der Waals surface area (Å²) in [5.41, 5.74) is 0. The number of hydrogen-bond acceptors (Lipinski definition) is 10. The maximum absolute atomic E-state index is 11.8. The van der Waals surface area contributed by atoms with Crippen LogP contribution in [-0.2, 0) is 38.4 Å². The molecule has 0 aliphatic heterocycles. The van der Waals surface area contributed by atoms with Crippen LogP contribution in [0.1, 0.15) is 111 Å². The molecule has 3 aromatic heterocycles. The number of carboxylic acids is 3. The van der Waals surface area contributed by atoms with Gasteiger partial charge < -0.3 is 15.3 Å². The number of aliphatic carboxylic acids is 3. The van der Waals surface area contributed by atoms with Crippen LogP contribution in [0.3, 0.4) is 0 Å². The lowest BCUT2D eigenvalue weighted by molar-refractivity contribution is -0.137. The Labute approximate surface area is 380 Å². The van der Waals surface area contributed by atoms with Gasteiger partial charge in [0.25, 0.3) is 0 Å². The number of thiophene rings is 3. The van der Waals surface area contributed by atoms with E-state index in [9.17, 15) is 28.8 Å². The van der Waals surface area contributed by atoms with E-state index in [2.05, 4.69) is 81.7 Å². The highest BCUT2D eigenvalue weighted by atomic mass is 128. The number of ketones is 2. The molecule has 0 atom stereocenters. The molecule has 0 saturated carbocycles. The van der Waals surface area contributed by atoms with Crippen LogP contribution in [0.5, 0.6) is 0 Å². The van der Waals surface area contributed by atoms with E-state index in [1.165, 1.54) is 34.0 Å². The topological polar surface area (TPSA) is 163 Å². The number of carbonyl (C=O) groups excluding carboxylic acids is 3. The van der Waals surface area contributed by atoms with E-state index >= 15 is 0 Å². The van der Waals surface area contributed by atoms with Gasteiger partial charge in [-0.2, -0.15) is 12.6 Å². The number of carboxylic acid groups (broad SMARTS) is 3. The molecule has 3 rings (SSSR count). The Morgan fingerprint density at radius 1 is 0.593 bits per heavy atom. The minimum absolute atomic E-state index is 0.00152. The molecular weight excluding hydrogens is 1150 g/mol. The van der Waals surface area contributed by atoms with Crippen molar-refractivity contribution in [3.63, 3.8) is 0 Å². The molecule has 3 N–H and O–H groups in total. The van der Waals surface area contributed by atoms with Crippen molar-refractivity contribution in [2.75, 3.05) is 16.4 Å². The number of halogens is 5. The summed E-state index contributed by atoms with van der Waals surface area (Å²) in [5, 5.41) is 29.2. The largest absolute Gasteiger partial charge is 0.481 e. The van der Waals surface area contributed by atoms with Gasteiger partial charge in [0, 0.05) is 81.8 Å². The fourth-order valence-electron chi connectivity index (χ4n) is 4.02. The van der Waals surface area contributed by atoms with Gasteiger partial charge in [-0.05, 0) is 91.6 Å². The zero-order chi connectivity index (χ0) is 41.1.